The number of hydrogen-bond acceptors (Lipinski definition) is 2. The average Bonchev–Trinajstić information content (AvgIpc) is 2.85. The van der Waals surface area contributed by atoms with Gasteiger partial charge >= 0.3 is 5.97 Å². The highest BCUT2D eigenvalue weighted by Crippen LogP contribution is 2.59. The minimum absolute atomic E-state index is 0.296. The van der Waals surface area contributed by atoms with Gasteiger partial charge in [0.05, 0.1) is 0 Å². The van der Waals surface area contributed by atoms with Gasteiger partial charge in [0.2, 0.25) is 0 Å². The summed E-state index contributed by atoms with van der Waals surface area (Å²) < 4.78 is 1.68. The molecule has 19 heavy (non-hydrogen) atoms. The van der Waals surface area contributed by atoms with Gasteiger partial charge in [-0.2, -0.15) is 5.10 Å². The third kappa shape index (κ3) is 1.72. The van der Waals surface area contributed by atoms with Gasteiger partial charge in [-0.3, -0.25) is 4.68 Å². The van der Waals surface area contributed by atoms with E-state index in [1.807, 2.05) is 12.3 Å². The lowest BCUT2D eigenvalue weighted by Gasteiger charge is -2.55. The average molecular weight is 260 g/mol. The van der Waals surface area contributed by atoms with Crippen molar-refractivity contribution in [3.8, 4) is 0 Å². The van der Waals surface area contributed by atoms with Crippen molar-refractivity contribution in [2.75, 3.05) is 0 Å². The number of rotatable bonds is 3. The molecule has 4 bridgehead atoms. The van der Waals surface area contributed by atoms with Crippen LogP contribution in [0.1, 0.15) is 38.1 Å². The molecule has 0 aromatic carbocycles. The molecule has 102 valence electrons. The van der Waals surface area contributed by atoms with E-state index in [-0.39, 0.29) is 0 Å². The molecule has 4 nitrogen and oxygen atoms in total. The molecule has 4 aliphatic rings. The Morgan fingerprint density at radius 2 is 1.79 bits per heavy atom. The molecular weight excluding hydrogens is 240 g/mol. The van der Waals surface area contributed by atoms with E-state index in [0.29, 0.717) is 17.8 Å². The zero-order valence-corrected chi connectivity index (χ0v) is 11.0. The van der Waals surface area contributed by atoms with Crippen molar-refractivity contribution < 1.29 is 9.90 Å². The van der Waals surface area contributed by atoms with E-state index in [9.17, 15) is 9.90 Å². The fraction of sp³-hybridized carbons (Fsp3) is 0.733. The maximum atomic E-state index is 11.8. The zero-order chi connectivity index (χ0) is 13.0. The van der Waals surface area contributed by atoms with Crippen LogP contribution in [0, 0.1) is 29.6 Å². The molecule has 4 saturated carbocycles. The molecule has 5 rings (SSSR count). The number of hydrogen-bond donors (Lipinski definition) is 1. The van der Waals surface area contributed by atoms with Crippen molar-refractivity contribution in [2.24, 2.45) is 29.6 Å². The summed E-state index contributed by atoms with van der Waals surface area (Å²) in [5.74, 6) is 2.58. The van der Waals surface area contributed by atoms with E-state index >= 15 is 0 Å². The van der Waals surface area contributed by atoms with Crippen molar-refractivity contribution in [2.45, 2.75) is 38.1 Å². The number of carbonyl (C=O) groups is 1. The van der Waals surface area contributed by atoms with E-state index in [1.165, 1.54) is 32.1 Å². The van der Waals surface area contributed by atoms with Crippen LogP contribution >= 0.6 is 0 Å². The Balaban J connectivity index is 1.68. The van der Waals surface area contributed by atoms with Crippen LogP contribution in [-0.2, 0) is 4.79 Å². The van der Waals surface area contributed by atoms with Gasteiger partial charge < -0.3 is 5.11 Å². The molecule has 0 spiro atoms. The number of aromatic nitrogens is 2. The van der Waals surface area contributed by atoms with Crippen molar-refractivity contribution in [1.29, 1.82) is 0 Å². The summed E-state index contributed by atoms with van der Waals surface area (Å²) in [6.45, 7) is 0. The normalized spacial score (nSPS) is 41.4. The van der Waals surface area contributed by atoms with Crippen LogP contribution in [-0.4, -0.2) is 20.9 Å². The Kier molecular flexibility index (Phi) is 2.47. The molecule has 1 aromatic rings. The first-order chi connectivity index (χ1) is 9.22. The first-order valence-electron chi connectivity index (χ1n) is 7.44. The van der Waals surface area contributed by atoms with Crippen molar-refractivity contribution in [3.63, 3.8) is 0 Å². The third-order valence-electron chi connectivity index (χ3n) is 5.73. The summed E-state index contributed by atoms with van der Waals surface area (Å²) >= 11 is 0. The predicted octanol–water partition coefficient (Wildman–Crippen LogP) is 2.58. The van der Waals surface area contributed by atoms with E-state index < -0.39 is 12.0 Å². The highest BCUT2D eigenvalue weighted by atomic mass is 16.4. The molecule has 1 aromatic heterocycles. The Labute approximate surface area is 112 Å². The van der Waals surface area contributed by atoms with E-state index in [1.54, 1.807) is 10.9 Å². The van der Waals surface area contributed by atoms with Crippen LogP contribution in [0.3, 0.4) is 0 Å². The van der Waals surface area contributed by atoms with Crippen molar-refractivity contribution >= 4 is 5.97 Å². The van der Waals surface area contributed by atoms with Crippen LogP contribution < -0.4 is 0 Å². The van der Waals surface area contributed by atoms with Gasteiger partial charge in [-0.05, 0) is 67.8 Å². The molecule has 1 N–H and O–H groups in total. The monoisotopic (exact) mass is 260 g/mol. The maximum absolute atomic E-state index is 11.8. The van der Waals surface area contributed by atoms with Gasteiger partial charge in [0, 0.05) is 12.4 Å². The first-order valence-corrected chi connectivity index (χ1v) is 7.44. The highest BCUT2D eigenvalue weighted by molar-refractivity contribution is 5.72. The summed E-state index contributed by atoms with van der Waals surface area (Å²) in [5.41, 5.74) is 0. The Bertz CT molecular complexity index is 454. The van der Waals surface area contributed by atoms with E-state index in [0.717, 1.165) is 11.8 Å². The fourth-order valence-corrected chi connectivity index (χ4v) is 5.38. The summed E-state index contributed by atoms with van der Waals surface area (Å²) in [7, 11) is 0. The number of nitrogens with zero attached hydrogens (tertiary/aromatic N) is 2. The molecule has 4 aliphatic carbocycles. The molecule has 0 aliphatic heterocycles. The largest absolute Gasteiger partial charge is 0.480 e. The minimum atomic E-state index is -0.707. The Morgan fingerprint density at radius 1 is 1.16 bits per heavy atom. The number of carboxylic acid groups (broad SMARTS) is 1. The summed E-state index contributed by atoms with van der Waals surface area (Å²) in [5, 5.41) is 13.9. The van der Waals surface area contributed by atoms with Gasteiger partial charge in [0.1, 0.15) is 0 Å². The molecule has 0 radical (unpaired) electrons. The molecule has 1 unspecified atom stereocenters. The molecule has 0 amide bonds. The summed E-state index contributed by atoms with van der Waals surface area (Å²) in [6.07, 6.45) is 9.91. The van der Waals surface area contributed by atoms with Gasteiger partial charge in [0.25, 0.3) is 0 Å². The first kappa shape index (κ1) is 11.5. The van der Waals surface area contributed by atoms with Crippen LogP contribution in [0.2, 0.25) is 0 Å². The molecule has 4 fully saturated rings. The van der Waals surface area contributed by atoms with Gasteiger partial charge in [0.15, 0.2) is 6.04 Å². The smallest absolute Gasteiger partial charge is 0.328 e. The molecule has 0 saturated heterocycles. The maximum Gasteiger partial charge on any atom is 0.328 e. The minimum Gasteiger partial charge on any atom is -0.480 e. The number of aliphatic carboxylic acids is 1. The molecule has 4 heteroatoms. The second-order valence-corrected chi connectivity index (χ2v) is 6.78. The lowest BCUT2D eigenvalue weighted by atomic mass is 9.50. The summed E-state index contributed by atoms with van der Waals surface area (Å²) in [4.78, 5) is 11.8. The van der Waals surface area contributed by atoms with Gasteiger partial charge in [-0.25, -0.2) is 4.79 Å². The second-order valence-electron chi connectivity index (χ2n) is 6.78. The quantitative estimate of drug-likeness (QED) is 0.908. The van der Waals surface area contributed by atoms with E-state index in [2.05, 4.69) is 5.10 Å². The fourth-order valence-electron chi connectivity index (χ4n) is 5.38. The third-order valence-corrected chi connectivity index (χ3v) is 5.73. The number of carboxylic acids is 1. The van der Waals surface area contributed by atoms with Gasteiger partial charge in [-0.1, -0.05) is 0 Å². The lowest BCUT2D eigenvalue weighted by Crippen LogP contribution is -2.49. The van der Waals surface area contributed by atoms with Crippen molar-refractivity contribution in [3.05, 3.63) is 18.5 Å². The zero-order valence-electron chi connectivity index (χ0n) is 11.0. The van der Waals surface area contributed by atoms with Gasteiger partial charge in [-0.15, -0.1) is 0 Å². The Hall–Kier alpha value is -1.32. The molecular formula is C15H20N2O2. The summed E-state index contributed by atoms with van der Waals surface area (Å²) in [6, 6.07) is 1.37. The predicted molar refractivity (Wildman–Crippen MR) is 69.4 cm³/mol. The Morgan fingerprint density at radius 3 is 2.26 bits per heavy atom. The van der Waals surface area contributed by atoms with Crippen LogP contribution in [0.25, 0.3) is 0 Å². The topological polar surface area (TPSA) is 55.1 Å². The van der Waals surface area contributed by atoms with Crippen molar-refractivity contribution in [1.82, 2.24) is 9.78 Å². The molecule has 1 heterocycles. The van der Waals surface area contributed by atoms with Crippen LogP contribution in [0.15, 0.2) is 18.5 Å². The highest BCUT2D eigenvalue weighted by Gasteiger charge is 2.52. The standard InChI is InChI=1S/C15H20N2O2/c18-15(19)14(17-3-1-2-16-17)13-11-5-9-4-10(7-11)8-12(13)6-9/h1-3,9-14H,4-8H2,(H,18,19). The van der Waals surface area contributed by atoms with Crippen LogP contribution in [0.4, 0.5) is 0 Å². The molecule has 1 atom stereocenters. The van der Waals surface area contributed by atoms with E-state index in [4.69, 9.17) is 0 Å². The second kappa shape index (κ2) is 4.09. The van der Waals surface area contributed by atoms with Crippen LogP contribution in [0.5, 0.6) is 0 Å². The lowest BCUT2D eigenvalue weighted by molar-refractivity contribution is -0.150. The SMILES string of the molecule is O=C(O)C(C1C2CC3CC(C2)CC1C3)n1cccn1.